The van der Waals surface area contributed by atoms with E-state index in [1.165, 1.54) is 11.4 Å². The van der Waals surface area contributed by atoms with E-state index in [9.17, 15) is 0 Å². The maximum atomic E-state index is 5.60. The molecule has 1 fully saturated rings. The van der Waals surface area contributed by atoms with Crippen molar-refractivity contribution in [1.29, 1.82) is 0 Å². The van der Waals surface area contributed by atoms with Crippen LogP contribution in [0, 0.1) is 0 Å². The highest BCUT2D eigenvalue weighted by Crippen LogP contribution is 2.32. The standard InChI is InChI=1S/C13H18N2S2/c1-13(2)9-15(7-8-17-13)11-5-3-10(4-6-11)12(14)16/h3-6H,7-9H2,1-2H3,(H2,14,16). The Kier molecular flexibility index (Phi) is 3.64. The molecule has 17 heavy (non-hydrogen) atoms. The number of hydrogen-bond acceptors (Lipinski definition) is 3. The van der Waals surface area contributed by atoms with Crippen molar-refractivity contribution in [2.75, 3.05) is 23.7 Å². The van der Waals surface area contributed by atoms with Crippen LogP contribution in [0.25, 0.3) is 0 Å². The number of thiocarbonyl (C=S) groups is 1. The first-order valence-electron chi connectivity index (χ1n) is 5.77. The summed E-state index contributed by atoms with van der Waals surface area (Å²) in [5, 5.41) is 0. The van der Waals surface area contributed by atoms with Gasteiger partial charge in [-0.25, -0.2) is 0 Å². The Morgan fingerprint density at radius 2 is 2.00 bits per heavy atom. The first kappa shape index (κ1) is 12.7. The average molecular weight is 266 g/mol. The number of thioether (sulfide) groups is 1. The number of nitrogens with two attached hydrogens (primary N) is 1. The van der Waals surface area contributed by atoms with Gasteiger partial charge in [0.25, 0.3) is 0 Å². The molecule has 0 unspecified atom stereocenters. The zero-order chi connectivity index (χ0) is 12.5. The lowest BCUT2D eigenvalue weighted by atomic mass is 10.1. The molecule has 0 aliphatic carbocycles. The largest absolute Gasteiger partial charge is 0.389 e. The molecule has 1 aliphatic heterocycles. The van der Waals surface area contributed by atoms with Gasteiger partial charge in [0.15, 0.2) is 0 Å². The summed E-state index contributed by atoms with van der Waals surface area (Å²) in [6, 6.07) is 8.24. The van der Waals surface area contributed by atoms with Crippen LogP contribution in [-0.4, -0.2) is 28.6 Å². The van der Waals surface area contributed by atoms with Gasteiger partial charge < -0.3 is 10.6 Å². The smallest absolute Gasteiger partial charge is 0.103 e. The first-order valence-corrected chi connectivity index (χ1v) is 7.16. The summed E-state index contributed by atoms with van der Waals surface area (Å²) in [5.41, 5.74) is 7.80. The van der Waals surface area contributed by atoms with Gasteiger partial charge in [-0.3, -0.25) is 0 Å². The fraction of sp³-hybridized carbons (Fsp3) is 0.462. The fourth-order valence-electron chi connectivity index (χ4n) is 2.07. The van der Waals surface area contributed by atoms with Crippen molar-refractivity contribution in [2.24, 2.45) is 5.73 Å². The highest BCUT2D eigenvalue weighted by atomic mass is 32.2. The highest BCUT2D eigenvalue weighted by molar-refractivity contribution is 8.00. The number of anilines is 1. The molecule has 0 saturated carbocycles. The van der Waals surface area contributed by atoms with E-state index in [0.717, 1.165) is 18.7 Å². The number of benzene rings is 1. The molecule has 1 heterocycles. The predicted molar refractivity (Wildman–Crippen MR) is 81.1 cm³/mol. The molecule has 0 amide bonds. The molecular weight excluding hydrogens is 248 g/mol. The van der Waals surface area contributed by atoms with Crippen LogP contribution in [0.1, 0.15) is 19.4 Å². The molecule has 0 bridgehead atoms. The lowest BCUT2D eigenvalue weighted by Crippen LogP contribution is -2.43. The minimum atomic E-state index is 0.333. The second-order valence-corrected chi connectivity index (χ2v) is 7.18. The summed E-state index contributed by atoms with van der Waals surface area (Å²) >= 11 is 7.00. The van der Waals surface area contributed by atoms with Crippen molar-refractivity contribution in [2.45, 2.75) is 18.6 Å². The van der Waals surface area contributed by atoms with Gasteiger partial charge in [0.2, 0.25) is 0 Å². The summed E-state index contributed by atoms with van der Waals surface area (Å²) in [6.45, 7) is 6.80. The number of hydrogen-bond donors (Lipinski definition) is 1. The minimum Gasteiger partial charge on any atom is -0.389 e. The van der Waals surface area contributed by atoms with Gasteiger partial charge in [0.05, 0.1) is 0 Å². The van der Waals surface area contributed by atoms with E-state index in [1.54, 1.807) is 0 Å². The summed E-state index contributed by atoms with van der Waals surface area (Å²) in [6.07, 6.45) is 0. The van der Waals surface area contributed by atoms with E-state index in [4.69, 9.17) is 18.0 Å². The van der Waals surface area contributed by atoms with Crippen LogP contribution in [-0.2, 0) is 0 Å². The van der Waals surface area contributed by atoms with E-state index in [2.05, 4.69) is 30.9 Å². The van der Waals surface area contributed by atoms with Crippen molar-refractivity contribution in [1.82, 2.24) is 0 Å². The molecule has 2 rings (SSSR count). The topological polar surface area (TPSA) is 29.3 Å². The maximum Gasteiger partial charge on any atom is 0.103 e. The van der Waals surface area contributed by atoms with Gasteiger partial charge in [-0.15, -0.1) is 0 Å². The molecule has 1 saturated heterocycles. The third-order valence-electron chi connectivity index (χ3n) is 2.94. The molecule has 0 spiro atoms. The Balaban J connectivity index is 2.14. The van der Waals surface area contributed by atoms with Gasteiger partial charge in [-0.1, -0.05) is 12.2 Å². The van der Waals surface area contributed by atoms with E-state index >= 15 is 0 Å². The minimum absolute atomic E-state index is 0.333. The Labute approximate surface area is 113 Å². The monoisotopic (exact) mass is 266 g/mol. The van der Waals surface area contributed by atoms with Gasteiger partial charge in [0.1, 0.15) is 4.99 Å². The van der Waals surface area contributed by atoms with E-state index in [1.807, 2.05) is 23.9 Å². The normalized spacial score (nSPS) is 19.1. The van der Waals surface area contributed by atoms with Crippen LogP contribution in [0.5, 0.6) is 0 Å². The Bertz CT molecular complexity index is 412. The predicted octanol–water partition coefficient (Wildman–Crippen LogP) is 2.65. The molecule has 92 valence electrons. The lowest BCUT2D eigenvalue weighted by molar-refractivity contribution is 0.648. The van der Waals surface area contributed by atoms with Crippen LogP contribution in [0.4, 0.5) is 5.69 Å². The van der Waals surface area contributed by atoms with Crippen molar-refractivity contribution >= 4 is 34.7 Å². The van der Waals surface area contributed by atoms with E-state index in [0.29, 0.717) is 9.74 Å². The Morgan fingerprint density at radius 1 is 1.35 bits per heavy atom. The molecule has 2 N–H and O–H groups in total. The zero-order valence-corrected chi connectivity index (χ0v) is 11.9. The molecule has 4 heteroatoms. The maximum absolute atomic E-state index is 5.60. The molecule has 1 aromatic rings. The van der Waals surface area contributed by atoms with Gasteiger partial charge >= 0.3 is 0 Å². The summed E-state index contributed by atoms with van der Waals surface area (Å²) < 4.78 is 0.333. The van der Waals surface area contributed by atoms with Crippen molar-refractivity contribution in [3.05, 3.63) is 29.8 Å². The fourth-order valence-corrected chi connectivity index (χ4v) is 3.32. The van der Waals surface area contributed by atoms with Crippen LogP contribution < -0.4 is 10.6 Å². The molecule has 0 atom stereocenters. The van der Waals surface area contributed by atoms with E-state index < -0.39 is 0 Å². The number of nitrogens with zero attached hydrogens (tertiary/aromatic N) is 1. The van der Waals surface area contributed by atoms with Crippen LogP contribution in [0.2, 0.25) is 0 Å². The average Bonchev–Trinajstić information content (AvgIpc) is 2.28. The molecule has 0 aromatic heterocycles. The van der Waals surface area contributed by atoms with Gasteiger partial charge in [-0.2, -0.15) is 11.8 Å². The van der Waals surface area contributed by atoms with Crippen molar-refractivity contribution < 1.29 is 0 Å². The van der Waals surface area contributed by atoms with E-state index in [-0.39, 0.29) is 0 Å². The molecule has 2 nitrogen and oxygen atoms in total. The van der Waals surface area contributed by atoms with Gasteiger partial charge in [0, 0.05) is 34.8 Å². The molecule has 1 aromatic carbocycles. The quantitative estimate of drug-likeness (QED) is 0.833. The first-order chi connectivity index (χ1) is 7.98. The van der Waals surface area contributed by atoms with Crippen molar-refractivity contribution in [3.63, 3.8) is 0 Å². The van der Waals surface area contributed by atoms with Crippen LogP contribution >= 0.6 is 24.0 Å². The Morgan fingerprint density at radius 3 is 2.53 bits per heavy atom. The third kappa shape index (κ3) is 3.13. The molecule has 0 radical (unpaired) electrons. The SMILES string of the molecule is CC1(C)CN(c2ccc(C(N)=S)cc2)CCS1. The number of rotatable bonds is 2. The van der Waals surface area contributed by atoms with Crippen LogP contribution in [0.3, 0.4) is 0 Å². The Hall–Kier alpha value is -0.740. The molecule has 1 aliphatic rings. The summed E-state index contributed by atoms with van der Waals surface area (Å²) in [4.78, 5) is 2.89. The van der Waals surface area contributed by atoms with Crippen molar-refractivity contribution in [3.8, 4) is 0 Å². The van der Waals surface area contributed by atoms with Crippen LogP contribution in [0.15, 0.2) is 24.3 Å². The lowest BCUT2D eigenvalue weighted by Gasteiger charge is -2.39. The third-order valence-corrected chi connectivity index (χ3v) is 4.48. The zero-order valence-electron chi connectivity index (χ0n) is 10.3. The second-order valence-electron chi connectivity index (χ2n) is 4.94. The second kappa shape index (κ2) is 4.86. The van der Waals surface area contributed by atoms with Gasteiger partial charge in [-0.05, 0) is 38.1 Å². The molecular formula is C13H18N2S2. The summed E-state index contributed by atoms with van der Waals surface area (Å²) in [5.74, 6) is 1.18. The highest BCUT2D eigenvalue weighted by Gasteiger charge is 2.26. The summed E-state index contributed by atoms with van der Waals surface area (Å²) in [7, 11) is 0.